The standard InChI is InChI=1S/C22H18ClN9O3/c23-15-5-13(1-2-17(15)35-14-3-4-32-18(6-14)27-12-29-32)30-20-19-16(26-11-28-20)7-24-21(31-19)25-8-22(33)9-34-10-22/h1-7,11-12,33H,8-10H2,(H,24,25,31)(H,26,28,30). The van der Waals surface area contributed by atoms with Crippen LogP contribution in [0.4, 0.5) is 17.5 Å². The molecule has 1 saturated heterocycles. The summed E-state index contributed by atoms with van der Waals surface area (Å²) in [5.41, 5.74) is 1.52. The van der Waals surface area contributed by atoms with E-state index >= 15 is 0 Å². The topological polar surface area (TPSA) is 144 Å². The molecule has 0 aliphatic carbocycles. The Bertz CT molecular complexity index is 1540. The lowest BCUT2D eigenvalue weighted by Gasteiger charge is -2.36. The molecule has 1 aliphatic heterocycles. The average molecular weight is 492 g/mol. The van der Waals surface area contributed by atoms with Gasteiger partial charge in [-0.15, -0.1) is 0 Å². The first-order chi connectivity index (χ1) is 17.0. The Kier molecular flexibility index (Phi) is 5.25. The first kappa shape index (κ1) is 21.4. The van der Waals surface area contributed by atoms with Crippen molar-refractivity contribution in [2.75, 3.05) is 30.4 Å². The molecule has 5 aromatic rings. The van der Waals surface area contributed by atoms with Crippen LogP contribution in [-0.2, 0) is 4.74 Å². The summed E-state index contributed by atoms with van der Waals surface area (Å²) in [6.07, 6.45) is 6.25. The zero-order valence-electron chi connectivity index (χ0n) is 18.1. The summed E-state index contributed by atoms with van der Waals surface area (Å²) in [6, 6.07) is 8.85. The molecule has 5 heterocycles. The normalized spacial score (nSPS) is 14.6. The maximum atomic E-state index is 10.2. The molecule has 0 amide bonds. The molecule has 1 fully saturated rings. The van der Waals surface area contributed by atoms with Crippen molar-refractivity contribution in [2.45, 2.75) is 5.60 Å². The molecule has 3 N–H and O–H groups in total. The summed E-state index contributed by atoms with van der Waals surface area (Å²) >= 11 is 6.49. The number of nitrogens with zero attached hydrogens (tertiary/aromatic N) is 7. The van der Waals surface area contributed by atoms with Crippen LogP contribution in [0, 0.1) is 0 Å². The van der Waals surface area contributed by atoms with Crippen molar-refractivity contribution in [3.05, 3.63) is 60.4 Å². The highest BCUT2D eigenvalue weighted by Gasteiger charge is 2.36. The molecule has 1 aromatic carbocycles. The average Bonchev–Trinajstić information content (AvgIpc) is 3.31. The van der Waals surface area contributed by atoms with Gasteiger partial charge >= 0.3 is 0 Å². The van der Waals surface area contributed by atoms with E-state index in [1.165, 1.54) is 12.7 Å². The van der Waals surface area contributed by atoms with E-state index in [-0.39, 0.29) is 19.8 Å². The Balaban J connectivity index is 1.21. The third kappa shape index (κ3) is 4.37. The smallest absolute Gasteiger partial charge is 0.223 e. The zero-order valence-corrected chi connectivity index (χ0v) is 18.8. The Labute approximate surface area is 203 Å². The number of benzene rings is 1. The fourth-order valence-corrected chi connectivity index (χ4v) is 3.72. The Morgan fingerprint density at radius 2 is 2.03 bits per heavy atom. The molecular weight excluding hydrogens is 474 g/mol. The van der Waals surface area contributed by atoms with E-state index in [2.05, 4.69) is 40.7 Å². The lowest BCUT2D eigenvalue weighted by Crippen LogP contribution is -2.54. The Morgan fingerprint density at radius 1 is 1.11 bits per heavy atom. The van der Waals surface area contributed by atoms with E-state index in [0.717, 1.165) is 0 Å². The zero-order chi connectivity index (χ0) is 23.8. The maximum Gasteiger partial charge on any atom is 0.223 e. The highest BCUT2D eigenvalue weighted by atomic mass is 35.5. The van der Waals surface area contributed by atoms with Crippen LogP contribution < -0.4 is 15.4 Å². The van der Waals surface area contributed by atoms with Gasteiger partial charge in [-0.3, -0.25) is 0 Å². The van der Waals surface area contributed by atoms with Crippen molar-refractivity contribution < 1.29 is 14.6 Å². The fourth-order valence-electron chi connectivity index (χ4n) is 3.50. The number of ether oxygens (including phenoxy) is 2. The number of nitrogens with one attached hydrogen (secondary N) is 2. The lowest BCUT2D eigenvalue weighted by atomic mass is 10.0. The van der Waals surface area contributed by atoms with Crippen LogP contribution >= 0.6 is 11.6 Å². The van der Waals surface area contributed by atoms with Crippen molar-refractivity contribution in [3.63, 3.8) is 0 Å². The molecule has 0 saturated carbocycles. The van der Waals surface area contributed by atoms with Crippen LogP contribution in [0.5, 0.6) is 11.5 Å². The number of anilines is 3. The summed E-state index contributed by atoms with van der Waals surface area (Å²) in [5, 5.41) is 20.9. The van der Waals surface area contributed by atoms with E-state index in [9.17, 15) is 5.11 Å². The number of fused-ring (bicyclic) bond motifs is 2. The third-order valence-corrected chi connectivity index (χ3v) is 5.66. The van der Waals surface area contributed by atoms with Gasteiger partial charge in [0.05, 0.1) is 31.0 Å². The number of hydrogen-bond donors (Lipinski definition) is 3. The first-order valence-electron chi connectivity index (χ1n) is 10.6. The SMILES string of the molecule is OC1(CNc2ncc3ncnc(Nc4ccc(Oc5ccn6ncnc6c5)c(Cl)c4)c3n2)COC1. The van der Waals surface area contributed by atoms with Gasteiger partial charge in [-0.1, -0.05) is 11.6 Å². The minimum atomic E-state index is -0.908. The minimum Gasteiger partial charge on any atom is -0.456 e. The number of rotatable bonds is 7. The van der Waals surface area contributed by atoms with Gasteiger partial charge < -0.3 is 25.2 Å². The van der Waals surface area contributed by atoms with Crippen LogP contribution in [0.3, 0.4) is 0 Å². The van der Waals surface area contributed by atoms with E-state index in [1.807, 2.05) is 6.07 Å². The number of aliphatic hydroxyl groups is 1. The van der Waals surface area contributed by atoms with Crippen LogP contribution in [0.1, 0.15) is 0 Å². The van der Waals surface area contributed by atoms with Crippen LogP contribution in [0.15, 0.2) is 55.4 Å². The predicted molar refractivity (Wildman–Crippen MR) is 127 cm³/mol. The van der Waals surface area contributed by atoms with Crippen molar-refractivity contribution in [1.82, 2.24) is 34.5 Å². The fraction of sp³-hybridized carbons (Fsp3) is 0.182. The van der Waals surface area contributed by atoms with E-state index < -0.39 is 5.60 Å². The second kappa shape index (κ2) is 8.58. The number of pyridine rings is 1. The van der Waals surface area contributed by atoms with Crippen LogP contribution in [0.25, 0.3) is 16.7 Å². The third-order valence-electron chi connectivity index (χ3n) is 5.37. The second-order valence-corrected chi connectivity index (χ2v) is 8.43. The summed E-state index contributed by atoms with van der Waals surface area (Å²) in [5.74, 6) is 1.90. The molecule has 13 heteroatoms. The first-order valence-corrected chi connectivity index (χ1v) is 11.0. The molecule has 0 bridgehead atoms. The molecule has 176 valence electrons. The molecular formula is C22H18ClN9O3. The van der Waals surface area contributed by atoms with Crippen molar-refractivity contribution in [3.8, 4) is 11.5 Å². The molecule has 1 aliphatic rings. The molecule has 12 nitrogen and oxygen atoms in total. The van der Waals surface area contributed by atoms with Gasteiger partial charge in [-0.2, -0.15) is 5.10 Å². The monoisotopic (exact) mass is 491 g/mol. The second-order valence-electron chi connectivity index (χ2n) is 8.02. The van der Waals surface area contributed by atoms with Crippen molar-refractivity contribution in [2.24, 2.45) is 0 Å². The highest BCUT2D eigenvalue weighted by Crippen LogP contribution is 2.33. The molecule has 35 heavy (non-hydrogen) atoms. The van der Waals surface area contributed by atoms with Crippen LogP contribution in [0.2, 0.25) is 5.02 Å². The number of hydrogen-bond acceptors (Lipinski definition) is 11. The summed E-state index contributed by atoms with van der Waals surface area (Å²) < 4.78 is 12.6. The molecule has 6 rings (SSSR count). The van der Waals surface area contributed by atoms with Gasteiger partial charge in [-0.25, -0.2) is 29.4 Å². The molecule has 4 aromatic heterocycles. The van der Waals surface area contributed by atoms with Gasteiger partial charge in [0, 0.05) is 18.0 Å². The number of halogens is 1. The summed E-state index contributed by atoms with van der Waals surface area (Å²) in [7, 11) is 0. The molecule has 0 atom stereocenters. The molecule has 0 unspecified atom stereocenters. The van der Waals surface area contributed by atoms with Gasteiger partial charge in [0.1, 0.15) is 40.8 Å². The maximum absolute atomic E-state index is 10.2. The van der Waals surface area contributed by atoms with E-state index in [0.29, 0.717) is 50.7 Å². The minimum absolute atomic E-state index is 0.274. The van der Waals surface area contributed by atoms with Crippen molar-refractivity contribution >= 4 is 45.7 Å². The molecule has 0 radical (unpaired) electrons. The molecule has 0 spiro atoms. The Hall–Kier alpha value is -4.13. The van der Waals surface area contributed by atoms with Gasteiger partial charge in [0.2, 0.25) is 5.95 Å². The van der Waals surface area contributed by atoms with Gasteiger partial charge in [-0.05, 0) is 24.3 Å². The van der Waals surface area contributed by atoms with Gasteiger partial charge in [0.25, 0.3) is 0 Å². The van der Waals surface area contributed by atoms with E-state index in [4.69, 9.17) is 21.1 Å². The highest BCUT2D eigenvalue weighted by molar-refractivity contribution is 6.32. The van der Waals surface area contributed by atoms with Crippen molar-refractivity contribution in [1.29, 1.82) is 0 Å². The number of aromatic nitrogens is 7. The Morgan fingerprint density at radius 3 is 2.86 bits per heavy atom. The summed E-state index contributed by atoms with van der Waals surface area (Å²) in [4.78, 5) is 21.5. The predicted octanol–water partition coefficient (Wildman–Crippen LogP) is 2.83. The van der Waals surface area contributed by atoms with Crippen LogP contribution in [-0.4, -0.2) is 65.0 Å². The van der Waals surface area contributed by atoms with Gasteiger partial charge in [0.15, 0.2) is 11.5 Å². The lowest BCUT2D eigenvalue weighted by molar-refractivity contribution is -0.168. The quantitative estimate of drug-likeness (QED) is 0.309. The summed E-state index contributed by atoms with van der Waals surface area (Å²) in [6.45, 7) is 0.828. The van der Waals surface area contributed by atoms with E-state index in [1.54, 1.807) is 41.2 Å². The largest absolute Gasteiger partial charge is 0.456 e.